The number of hydrogen-bond donors (Lipinski definition) is 0. The summed E-state index contributed by atoms with van der Waals surface area (Å²) in [4.78, 5) is 11.0. The van der Waals surface area contributed by atoms with E-state index < -0.39 is 0 Å². The molecule has 0 aliphatic heterocycles. The van der Waals surface area contributed by atoms with Gasteiger partial charge in [0.25, 0.3) is 0 Å². The molecule has 5 nitrogen and oxygen atoms in total. The first-order valence-corrected chi connectivity index (χ1v) is 6.31. The maximum absolute atomic E-state index is 11.0. The zero-order valence-corrected chi connectivity index (χ0v) is 11.3. The SMILES string of the molecule is CCOc1ccc(-n2nnc(C=O)c2C(C)C)cc1. The average Bonchev–Trinajstić information content (AvgIpc) is 2.84. The second-order valence-electron chi connectivity index (χ2n) is 4.47. The molecule has 0 unspecified atom stereocenters. The lowest BCUT2D eigenvalue weighted by atomic mass is 10.1. The lowest BCUT2D eigenvalue weighted by Crippen LogP contribution is -2.05. The van der Waals surface area contributed by atoms with Crippen molar-refractivity contribution in [3.8, 4) is 11.4 Å². The van der Waals surface area contributed by atoms with Gasteiger partial charge < -0.3 is 4.74 Å². The quantitative estimate of drug-likeness (QED) is 0.774. The van der Waals surface area contributed by atoms with Gasteiger partial charge >= 0.3 is 0 Å². The highest BCUT2D eigenvalue weighted by molar-refractivity contribution is 5.73. The van der Waals surface area contributed by atoms with E-state index in [4.69, 9.17) is 4.74 Å². The van der Waals surface area contributed by atoms with E-state index in [2.05, 4.69) is 10.3 Å². The minimum Gasteiger partial charge on any atom is -0.494 e. The third-order valence-electron chi connectivity index (χ3n) is 2.78. The van der Waals surface area contributed by atoms with Gasteiger partial charge in [-0.1, -0.05) is 19.1 Å². The fraction of sp³-hybridized carbons (Fsp3) is 0.357. The second-order valence-corrected chi connectivity index (χ2v) is 4.47. The number of carbonyl (C=O) groups is 1. The molecule has 5 heteroatoms. The zero-order valence-electron chi connectivity index (χ0n) is 11.3. The summed E-state index contributed by atoms with van der Waals surface area (Å²) in [5, 5.41) is 7.95. The maximum Gasteiger partial charge on any atom is 0.172 e. The minimum atomic E-state index is 0.168. The molecule has 0 aliphatic rings. The maximum atomic E-state index is 11.0. The Labute approximate surface area is 112 Å². The van der Waals surface area contributed by atoms with Crippen molar-refractivity contribution < 1.29 is 9.53 Å². The molecule has 0 bridgehead atoms. The molecule has 1 heterocycles. The molecule has 0 saturated heterocycles. The van der Waals surface area contributed by atoms with Crippen LogP contribution in [0.2, 0.25) is 0 Å². The lowest BCUT2D eigenvalue weighted by Gasteiger charge is -2.10. The van der Waals surface area contributed by atoms with Crippen LogP contribution in [0.15, 0.2) is 24.3 Å². The number of carbonyl (C=O) groups excluding carboxylic acids is 1. The molecular weight excluding hydrogens is 242 g/mol. The summed E-state index contributed by atoms with van der Waals surface area (Å²) < 4.78 is 7.10. The zero-order chi connectivity index (χ0) is 13.8. The van der Waals surface area contributed by atoms with Gasteiger partial charge in [0, 0.05) is 0 Å². The van der Waals surface area contributed by atoms with Gasteiger partial charge in [0.2, 0.25) is 0 Å². The molecule has 0 aliphatic carbocycles. The van der Waals surface area contributed by atoms with Gasteiger partial charge in [-0.3, -0.25) is 4.79 Å². The summed E-state index contributed by atoms with van der Waals surface area (Å²) in [6.07, 6.45) is 0.743. The van der Waals surface area contributed by atoms with Crippen LogP contribution in [0.25, 0.3) is 5.69 Å². The smallest absolute Gasteiger partial charge is 0.172 e. The van der Waals surface area contributed by atoms with Crippen LogP contribution >= 0.6 is 0 Å². The van der Waals surface area contributed by atoms with Gasteiger partial charge in [0.15, 0.2) is 6.29 Å². The minimum absolute atomic E-state index is 0.168. The van der Waals surface area contributed by atoms with Gasteiger partial charge in [0.05, 0.1) is 18.0 Å². The number of aromatic nitrogens is 3. The summed E-state index contributed by atoms with van der Waals surface area (Å²) in [5.41, 5.74) is 2.08. The first-order chi connectivity index (χ1) is 9.17. The lowest BCUT2D eigenvalue weighted by molar-refractivity contribution is 0.111. The van der Waals surface area contributed by atoms with E-state index in [1.165, 1.54) is 0 Å². The fourth-order valence-corrected chi connectivity index (χ4v) is 1.97. The molecule has 1 aromatic heterocycles. The predicted octanol–water partition coefficient (Wildman–Crippen LogP) is 2.60. The van der Waals surface area contributed by atoms with Crippen molar-refractivity contribution in [1.29, 1.82) is 0 Å². The predicted molar refractivity (Wildman–Crippen MR) is 72.0 cm³/mol. The number of benzene rings is 1. The van der Waals surface area contributed by atoms with Crippen molar-refractivity contribution in [2.45, 2.75) is 26.7 Å². The number of nitrogens with zero attached hydrogens (tertiary/aromatic N) is 3. The van der Waals surface area contributed by atoms with Crippen LogP contribution < -0.4 is 4.74 Å². The van der Waals surface area contributed by atoms with Crippen LogP contribution in [0.4, 0.5) is 0 Å². The van der Waals surface area contributed by atoms with Crippen molar-refractivity contribution in [2.75, 3.05) is 6.61 Å². The van der Waals surface area contributed by atoms with Crippen molar-refractivity contribution >= 4 is 6.29 Å². The highest BCUT2D eigenvalue weighted by Crippen LogP contribution is 2.22. The Morgan fingerprint density at radius 1 is 1.32 bits per heavy atom. The van der Waals surface area contributed by atoms with E-state index in [0.717, 1.165) is 23.4 Å². The molecule has 0 N–H and O–H groups in total. The van der Waals surface area contributed by atoms with Crippen LogP contribution in [0, 0.1) is 0 Å². The Kier molecular flexibility index (Phi) is 3.94. The molecule has 1 aromatic carbocycles. The van der Waals surface area contributed by atoms with Crippen LogP contribution in [0.3, 0.4) is 0 Å². The first-order valence-electron chi connectivity index (χ1n) is 6.31. The molecular formula is C14H17N3O2. The van der Waals surface area contributed by atoms with Crippen molar-refractivity contribution in [1.82, 2.24) is 15.0 Å². The van der Waals surface area contributed by atoms with Crippen LogP contribution in [-0.4, -0.2) is 27.9 Å². The molecule has 100 valence electrons. The summed E-state index contributed by atoms with van der Waals surface area (Å²) >= 11 is 0. The van der Waals surface area contributed by atoms with E-state index in [-0.39, 0.29) is 5.92 Å². The summed E-state index contributed by atoms with van der Waals surface area (Å²) in [7, 11) is 0. The first kappa shape index (κ1) is 13.3. The summed E-state index contributed by atoms with van der Waals surface area (Å²) in [5.74, 6) is 0.981. The third-order valence-corrected chi connectivity index (χ3v) is 2.78. The molecule has 0 atom stereocenters. The number of aldehydes is 1. The van der Waals surface area contributed by atoms with Gasteiger partial charge in [0.1, 0.15) is 11.4 Å². The van der Waals surface area contributed by atoms with Crippen LogP contribution in [0.1, 0.15) is 42.9 Å². The summed E-state index contributed by atoms with van der Waals surface area (Å²) in [6.45, 7) is 6.60. The Hall–Kier alpha value is -2.17. The molecule has 19 heavy (non-hydrogen) atoms. The van der Waals surface area contributed by atoms with Gasteiger partial charge in [-0.15, -0.1) is 5.10 Å². The van der Waals surface area contributed by atoms with Crippen molar-refractivity contribution in [3.63, 3.8) is 0 Å². The molecule has 0 radical (unpaired) electrons. The topological polar surface area (TPSA) is 57.0 Å². The van der Waals surface area contributed by atoms with E-state index in [0.29, 0.717) is 12.3 Å². The average molecular weight is 259 g/mol. The Bertz CT molecular complexity index is 559. The van der Waals surface area contributed by atoms with E-state index in [9.17, 15) is 4.79 Å². The summed E-state index contributed by atoms with van der Waals surface area (Å²) in [6, 6.07) is 7.57. The number of rotatable bonds is 5. The molecule has 0 saturated carbocycles. The Morgan fingerprint density at radius 3 is 2.53 bits per heavy atom. The Balaban J connectivity index is 2.41. The van der Waals surface area contributed by atoms with Gasteiger partial charge in [-0.05, 0) is 37.1 Å². The largest absolute Gasteiger partial charge is 0.494 e. The normalized spacial score (nSPS) is 10.7. The van der Waals surface area contributed by atoms with Crippen molar-refractivity contribution in [2.24, 2.45) is 0 Å². The second kappa shape index (κ2) is 5.65. The number of ether oxygens (including phenoxy) is 1. The fourth-order valence-electron chi connectivity index (χ4n) is 1.97. The van der Waals surface area contributed by atoms with Crippen LogP contribution in [-0.2, 0) is 0 Å². The number of hydrogen-bond acceptors (Lipinski definition) is 4. The van der Waals surface area contributed by atoms with E-state index >= 15 is 0 Å². The van der Waals surface area contributed by atoms with Gasteiger partial charge in [-0.2, -0.15) is 0 Å². The monoisotopic (exact) mass is 259 g/mol. The van der Waals surface area contributed by atoms with E-state index in [1.807, 2.05) is 45.0 Å². The third kappa shape index (κ3) is 2.65. The molecule has 0 spiro atoms. The highest BCUT2D eigenvalue weighted by Gasteiger charge is 2.16. The Morgan fingerprint density at radius 2 is 2.00 bits per heavy atom. The van der Waals surface area contributed by atoms with Crippen LogP contribution in [0.5, 0.6) is 5.75 Å². The molecule has 0 fully saturated rings. The van der Waals surface area contributed by atoms with E-state index in [1.54, 1.807) is 4.68 Å². The standard InChI is InChI=1S/C14H17N3O2/c1-4-19-12-7-5-11(6-8-12)17-14(10(2)3)13(9-18)15-16-17/h5-10H,4H2,1-3H3. The molecule has 2 rings (SSSR count). The van der Waals surface area contributed by atoms with Crippen molar-refractivity contribution in [3.05, 3.63) is 35.7 Å². The highest BCUT2D eigenvalue weighted by atomic mass is 16.5. The molecule has 0 amide bonds. The van der Waals surface area contributed by atoms with Gasteiger partial charge in [-0.25, -0.2) is 4.68 Å². The molecule has 2 aromatic rings.